The van der Waals surface area contributed by atoms with Gasteiger partial charge < -0.3 is 20.5 Å². The first kappa shape index (κ1) is 14.1. The summed E-state index contributed by atoms with van der Waals surface area (Å²) in [6.07, 6.45) is 0.951. The molecule has 0 aromatic heterocycles. The van der Waals surface area contributed by atoms with Gasteiger partial charge in [0, 0.05) is 23.5 Å². The minimum Gasteiger partial charge on any atom is -0.497 e. The summed E-state index contributed by atoms with van der Waals surface area (Å²) in [6.45, 7) is 2.72. The summed E-state index contributed by atoms with van der Waals surface area (Å²) in [7, 11) is 1.65. The summed E-state index contributed by atoms with van der Waals surface area (Å²) in [4.78, 5) is 0. The number of anilines is 3. The summed E-state index contributed by atoms with van der Waals surface area (Å²) in [6, 6.07) is 13.4. The second kappa shape index (κ2) is 6.70. The fraction of sp³-hybridized carbons (Fsp3) is 0.250. The van der Waals surface area contributed by atoms with E-state index in [1.54, 1.807) is 7.11 Å². The van der Waals surface area contributed by atoms with E-state index >= 15 is 0 Å². The Hall–Kier alpha value is -2.36. The molecule has 0 amide bonds. The van der Waals surface area contributed by atoms with Crippen LogP contribution in [0, 0.1) is 0 Å². The Labute approximate surface area is 119 Å². The Morgan fingerprint density at radius 2 is 1.90 bits per heavy atom. The van der Waals surface area contributed by atoms with Crippen molar-refractivity contribution in [3.63, 3.8) is 0 Å². The van der Waals surface area contributed by atoms with Crippen molar-refractivity contribution in [2.24, 2.45) is 0 Å². The number of ether oxygens (including phenoxy) is 2. The van der Waals surface area contributed by atoms with Gasteiger partial charge in [0.15, 0.2) is 0 Å². The van der Waals surface area contributed by atoms with Crippen molar-refractivity contribution in [1.82, 2.24) is 0 Å². The molecular formula is C16H20N2O2. The number of nitrogen functional groups attached to an aromatic ring is 1. The van der Waals surface area contributed by atoms with Crippen molar-refractivity contribution in [1.29, 1.82) is 0 Å². The molecule has 0 atom stereocenters. The molecule has 4 heteroatoms. The summed E-state index contributed by atoms with van der Waals surface area (Å²) < 4.78 is 10.8. The number of nitrogens with one attached hydrogen (secondary N) is 1. The second-order valence-electron chi connectivity index (χ2n) is 4.46. The third-order valence-electron chi connectivity index (χ3n) is 2.83. The van der Waals surface area contributed by atoms with Gasteiger partial charge in [-0.05, 0) is 30.7 Å². The van der Waals surface area contributed by atoms with Crippen LogP contribution in [0.1, 0.15) is 13.3 Å². The molecule has 0 heterocycles. The van der Waals surface area contributed by atoms with Crippen molar-refractivity contribution in [2.75, 3.05) is 24.8 Å². The first-order valence-corrected chi connectivity index (χ1v) is 6.66. The van der Waals surface area contributed by atoms with Gasteiger partial charge in [-0.25, -0.2) is 0 Å². The van der Waals surface area contributed by atoms with Crippen LogP contribution >= 0.6 is 0 Å². The van der Waals surface area contributed by atoms with Crippen molar-refractivity contribution in [3.05, 3.63) is 42.5 Å². The standard InChI is InChI=1S/C16H20N2O2/c1-3-9-20-16-11-13(7-8-15(16)17)18-12-5-4-6-14(10-12)19-2/h4-8,10-11,18H,3,9,17H2,1-2H3. The van der Waals surface area contributed by atoms with Crippen LogP contribution in [0.5, 0.6) is 11.5 Å². The highest BCUT2D eigenvalue weighted by molar-refractivity contribution is 5.67. The largest absolute Gasteiger partial charge is 0.497 e. The van der Waals surface area contributed by atoms with Gasteiger partial charge in [-0.1, -0.05) is 13.0 Å². The Morgan fingerprint density at radius 3 is 2.65 bits per heavy atom. The highest BCUT2D eigenvalue weighted by Crippen LogP contribution is 2.28. The summed E-state index contributed by atoms with van der Waals surface area (Å²) in [5.74, 6) is 1.52. The van der Waals surface area contributed by atoms with Crippen LogP contribution in [0.3, 0.4) is 0 Å². The molecule has 2 rings (SSSR count). The lowest BCUT2D eigenvalue weighted by Gasteiger charge is -2.12. The van der Waals surface area contributed by atoms with E-state index in [9.17, 15) is 0 Å². The molecule has 0 saturated heterocycles. The lowest BCUT2D eigenvalue weighted by Crippen LogP contribution is -2.00. The van der Waals surface area contributed by atoms with Gasteiger partial charge >= 0.3 is 0 Å². The Balaban J connectivity index is 2.16. The number of methoxy groups -OCH3 is 1. The lowest BCUT2D eigenvalue weighted by molar-refractivity contribution is 0.319. The van der Waals surface area contributed by atoms with E-state index in [0.29, 0.717) is 18.0 Å². The highest BCUT2D eigenvalue weighted by atomic mass is 16.5. The fourth-order valence-electron chi connectivity index (χ4n) is 1.82. The van der Waals surface area contributed by atoms with E-state index in [-0.39, 0.29) is 0 Å². The Bertz CT molecular complexity index is 570. The normalized spacial score (nSPS) is 10.1. The molecule has 0 spiro atoms. The molecule has 20 heavy (non-hydrogen) atoms. The molecule has 0 unspecified atom stereocenters. The number of hydrogen-bond donors (Lipinski definition) is 2. The average Bonchev–Trinajstić information content (AvgIpc) is 2.48. The molecule has 0 aliphatic heterocycles. The second-order valence-corrected chi connectivity index (χ2v) is 4.46. The van der Waals surface area contributed by atoms with Crippen LogP contribution in [0.2, 0.25) is 0 Å². The average molecular weight is 272 g/mol. The van der Waals surface area contributed by atoms with E-state index in [1.807, 2.05) is 42.5 Å². The van der Waals surface area contributed by atoms with Crippen LogP contribution in [0.15, 0.2) is 42.5 Å². The SMILES string of the molecule is CCCOc1cc(Nc2cccc(OC)c2)ccc1N. The van der Waals surface area contributed by atoms with Gasteiger partial charge in [0.2, 0.25) is 0 Å². The van der Waals surface area contributed by atoms with E-state index in [0.717, 1.165) is 23.5 Å². The lowest BCUT2D eigenvalue weighted by atomic mass is 10.2. The molecule has 0 radical (unpaired) electrons. The number of nitrogens with two attached hydrogens (primary N) is 1. The predicted octanol–water partition coefficient (Wildman–Crippen LogP) is 3.81. The van der Waals surface area contributed by atoms with Gasteiger partial charge in [0.25, 0.3) is 0 Å². The van der Waals surface area contributed by atoms with Crippen LogP contribution in [0.25, 0.3) is 0 Å². The molecule has 0 bridgehead atoms. The van der Waals surface area contributed by atoms with Crippen molar-refractivity contribution in [3.8, 4) is 11.5 Å². The van der Waals surface area contributed by atoms with Gasteiger partial charge in [0.1, 0.15) is 11.5 Å². The monoisotopic (exact) mass is 272 g/mol. The van der Waals surface area contributed by atoms with E-state index in [2.05, 4.69) is 12.2 Å². The zero-order chi connectivity index (χ0) is 14.4. The first-order chi connectivity index (χ1) is 9.72. The number of benzene rings is 2. The predicted molar refractivity (Wildman–Crippen MR) is 82.9 cm³/mol. The van der Waals surface area contributed by atoms with Crippen molar-refractivity contribution in [2.45, 2.75) is 13.3 Å². The summed E-state index contributed by atoms with van der Waals surface area (Å²) in [5.41, 5.74) is 8.43. The molecule has 3 N–H and O–H groups in total. The number of rotatable bonds is 6. The van der Waals surface area contributed by atoms with Crippen LogP contribution in [-0.2, 0) is 0 Å². The zero-order valence-electron chi connectivity index (χ0n) is 11.8. The van der Waals surface area contributed by atoms with Crippen molar-refractivity contribution >= 4 is 17.1 Å². The van der Waals surface area contributed by atoms with Crippen LogP contribution < -0.4 is 20.5 Å². The maximum atomic E-state index is 5.90. The van der Waals surface area contributed by atoms with Gasteiger partial charge in [0.05, 0.1) is 19.4 Å². The summed E-state index contributed by atoms with van der Waals surface area (Å²) in [5, 5.41) is 3.31. The smallest absolute Gasteiger partial charge is 0.144 e. The van der Waals surface area contributed by atoms with E-state index < -0.39 is 0 Å². The van der Waals surface area contributed by atoms with Gasteiger partial charge in [-0.15, -0.1) is 0 Å². The number of hydrogen-bond acceptors (Lipinski definition) is 4. The van der Waals surface area contributed by atoms with Gasteiger partial charge in [-0.2, -0.15) is 0 Å². The maximum absolute atomic E-state index is 5.90. The topological polar surface area (TPSA) is 56.5 Å². The highest BCUT2D eigenvalue weighted by Gasteiger charge is 2.03. The van der Waals surface area contributed by atoms with Gasteiger partial charge in [-0.3, -0.25) is 0 Å². The molecule has 0 aliphatic rings. The van der Waals surface area contributed by atoms with E-state index in [4.69, 9.17) is 15.2 Å². The zero-order valence-corrected chi connectivity index (χ0v) is 11.8. The molecule has 0 saturated carbocycles. The summed E-state index contributed by atoms with van der Waals surface area (Å²) >= 11 is 0. The van der Waals surface area contributed by atoms with E-state index in [1.165, 1.54) is 0 Å². The molecule has 4 nitrogen and oxygen atoms in total. The third kappa shape index (κ3) is 3.57. The third-order valence-corrected chi connectivity index (χ3v) is 2.83. The van der Waals surface area contributed by atoms with Crippen LogP contribution in [0.4, 0.5) is 17.1 Å². The molecule has 2 aromatic carbocycles. The first-order valence-electron chi connectivity index (χ1n) is 6.66. The fourth-order valence-corrected chi connectivity index (χ4v) is 1.82. The maximum Gasteiger partial charge on any atom is 0.144 e. The minimum absolute atomic E-state index is 0.648. The molecule has 0 fully saturated rings. The molecule has 106 valence electrons. The van der Waals surface area contributed by atoms with Crippen molar-refractivity contribution < 1.29 is 9.47 Å². The molecule has 0 aliphatic carbocycles. The quantitative estimate of drug-likeness (QED) is 0.785. The minimum atomic E-state index is 0.648. The van der Waals surface area contributed by atoms with Crippen LogP contribution in [-0.4, -0.2) is 13.7 Å². The Kier molecular flexibility index (Phi) is 4.71. The molecular weight excluding hydrogens is 252 g/mol. The molecule has 2 aromatic rings. The Morgan fingerprint density at radius 1 is 1.10 bits per heavy atom.